The van der Waals surface area contributed by atoms with Gasteiger partial charge < -0.3 is 10.6 Å². The lowest BCUT2D eigenvalue weighted by molar-refractivity contribution is 0.0658. The van der Waals surface area contributed by atoms with Crippen LogP contribution in [-0.2, 0) is 0 Å². The largest absolute Gasteiger partial charge is 0.336 e. The molecular weight excluding hydrogens is 262 g/mol. The molecule has 1 aliphatic rings. The molecule has 1 aromatic rings. The van der Waals surface area contributed by atoms with Gasteiger partial charge in [0.1, 0.15) is 0 Å². The van der Waals surface area contributed by atoms with Gasteiger partial charge in [0, 0.05) is 30.0 Å². The van der Waals surface area contributed by atoms with Gasteiger partial charge in [0.25, 0.3) is 5.91 Å². The highest BCUT2D eigenvalue weighted by Gasteiger charge is 2.25. The van der Waals surface area contributed by atoms with E-state index in [4.69, 9.17) is 5.73 Å². The van der Waals surface area contributed by atoms with E-state index < -0.39 is 0 Å². The molecule has 0 unspecified atom stereocenters. The van der Waals surface area contributed by atoms with Crippen LogP contribution in [0.2, 0.25) is 0 Å². The number of rotatable bonds is 5. The monoisotopic (exact) mass is 289 g/mol. The number of aryl methyl sites for hydroxylation is 1. The third-order valence-corrected chi connectivity index (χ3v) is 4.27. The molecule has 116 valence electrons. The Kier molecular flexibility index (Phi) is 6.18. The number of hydrogen-bond acceptors (Lipinski definition) is 3. The van der Waals surface area contributed by atoms with Gasteiger partial charge >= 0.3 is 0 Å². The zero-order chi connectivity index (χ0) is 15.1. The van der Waals surface area contributed by atoms with Gasteiger partial charge in [0.15, 0.2) is 0 Å². The summed E-state index contributed by atoms with van der Waals surface area (Å²) >= 11 is 0. The quantitative estimate of drug-likeness (QED) is 0.848. The summed E-state index contributed by atoms with van der Waals surface area (Å²) in [7, 11) is 0. The molecule has 0 bridgehead atoms. The van der Waals surface area contributed by atoms with Gasteiger partial charge in [-0.05, 0) is 44.9 Å². The second kappa shape index (κ2) is 8.13. The molecule has 2 rings (SSSR count). The van der Waals surface area contributed by atoms with E-state index in [1.165, 1.54) is 25.7 Å². The molecule has 0 saturated heterocycles. The second-order valence-corrected chi connectivity index (χ2v) is 5.97. The van der Waals surface area contributed by atoms with Crippen LogP contribution in [0.25, 0.3) is 0 Å². The number of nitrogens with two attached hydrogens (primary N) is 1. The number of nitrogens with zero attached hydrogens (tertiary/aromatic N) is 2. The molecule has 1 amide bonds. The maximum absolute atomic E-state index is 12.9. The van der Waals surface area contributed by atoms with Crippen LogP contribution in [0, 0.1) is 6.92 Å². The minimum atomic E-state index is 0.140. The van der Waals surface area contributed by atoms with Crippen LogP contribution in [0.15, 0.2) is 18.3 Å². The number of pyridine rings is 1. The van der Waals surface area contributed by atoms with Crippen molar-refractivity contribution in [3.63, 3.8) is 0 Å². The Morgan fingerprint density at radius 1 is 1.33 bits per heavy atom. The first kappa shape index (κ1) is 16.0. The molecular formula is C17H27N3O. The smallest absolute Gasteiger partial charge is 0.254 e. The fourth-order valence-corrected chi connectivity index (χ4v) is 3.13. The molecule has 0 aromatic carbocycles. The Bertz CT molecular complexity index is 453. The molecule has 2 N–H and O–H groups in total. The molecule has 4 heteroatoms. The predicted molar refractivity (Wildman–Crippen MR) is 85.2 cm³/mol. The van der Waals surface area contributed by atoms with Crippen molar-refractivity contribution >= 4 is 5.91 Å². The molecule has 21 heavy (non-hydrogen) atoms. The van der Waals surface area contributed by atoms with E-state index in [1.54, 1.807) is 6.20 Å². The highest BCUT2D eigenvalue weighted by atomic mass is 16.2. The van der Waals surface area contributed by atoms with E-state index in [0.29, 0.717) is 12.6 Å². The van der Waals surface area contributed by atoms with Gasteiger partial charge in [0.05, 0.1) is 0 Å². The first-order chi connectivity index (χ1) is 10.2. The normalized spacial score (nSPS) is 16.5. The molecule has 1 aliphatic carbocycles. The molecule has 0 aliphatic heterocycles. The van der Waals surface area contributed by atoms with Gasteiger partial charge in [-0.2, -0.15) is 0 Å². The van der Waals surface area contributed by atoms with E-state index in [0.717, 1.165) is 37.1 Å². The van der Waals surface area contributed by atoms with Crippen LogP contribution >= 0.6 is 0 Å². The van der Waals surface area contributed by atoms with Crippen LogP contribution in [0.1, 0.15) is 61.0 Å². The Balaban J connectivity index is 2.15. The van der Waals surface area contributed by atoms with E-state index in [-0.39, 0.29) is 5.91 Å². The third-order valence-electron chi connectivity index (χ3n) is 4.27. The van der Waals surface area contributed by atoms with Crippen LogP contribution < -0.4 is 5.73 Å². The van der Waals surface area contributed by atoms with Gasteiger partial charge in [-0.25, -0.2) is 0 Å². The lowest BCUT2D eigenvalue weighted by Gasteiger charge is -2.31. The Morgan fingerprint density at radius 2 is 2.05 bits per heavy atom. The van der Waals surface area contributed by atoms with E-state index in [1.807, 2.05) is 19.1 Å². The van der Waals surface area contributed by atoms with Crippen molar-refractivity contribution in [1.82, 2.24) is 9.88 Å². The summed E-state index contributed by atoms with van der Waals surface area (Å²) in [4.78, 5) is 19.1. The van der Waals surface area contributed by atoms with Crippen molar-refractivity contribution in [1.29, 1.82) is 0 Å². The van der Waals surface area contributed by atoms with E-state index >= 15 is 0 Å². The van der Waals surface area contributed by atoms with E-state index in [2.05, 4.69) is 9.88 Å². The van der Waals surface area contributed by atoms with Gasteiger partial charge in [0.2, 0.25) is 0 Å². The summed E-state index contributed by atoms with van der Waals surface area (Å²) in [6, 6.07) is 4.08. The Morgan fingerprint density at radius 3 is 2.67 bits per heavy atom. The van der Waals surface area contributed by atoms with Gasteiger partial charge in [-0.3, -0.25) is 9.78 Å². The molecule has 1 fully saturated rings. The second-order valence-electron chi connectivity index (χ2n) is 5.97. The zero-order valence-electron chi connectivity index (χ0n) is 13.1. The van der Waals surface area contributed by atoms with Crippen LogP contribution in [0.5, 0.6) is 0 Å². The summed E-state index contributed by atoms with van der Waals surface area (Å²) in [5.74, 6) is 0.140. The average molecular weight is 289 g/mol. The fourth-order valence-electron chi connectivity index (χ4n) is 3.13. The van der Waals surface area contributed by atoms with Gasteiger partial charge in [-0.15, -0.1) is 0 Å². The highest BCUT2D eigenvalue weighted by molar-refractivity contribution is 5.94. The fraction of sp³-hybridized carbons (Fsp3) is 0.647. The zero-order valence-corrected chi connectivity index (χ0v) is 13.1. The van der Waals surface area contributed by atoms with E-state index in [9.17, 15) is 4.79 Å². The molecule has 0 spiro atoms. The number of hydrogen-bond donors (Lipinski definition) is 1. The van der Waals surface area contributed by atoms with Crippen LogP contribution in [-0.4, -0.2) is 34.9 Å². The maximum Gasteiger partial charge on any atom is 0.254 e. The number of carbonyl (C=O) groups is 1. The molecule has 4 nitrogen and oxygen atoms in total. The van der Waals surface area contributed by atoms with Crippen molar-refractivity contribution in [3.8, 4) is 0 Å². The van der Waals surface area contributed by atoms with Crippen molar-refractivity contribution in [2.75, 3.05) is 13.1 Å². The first-order valence-electron chi connectivity index (χ1n) is 8.16. The van der Waals surface area contributed by atoms with Crippen molar-refractivity contribution in [2.24, 2.45) is 5.73 Å². The number of aromatic nitrogens is 1. The summed E-state index contributed by atoms with van der Waals surface area (Å²) in [6.07, 6.45) is 9.89. The maximum atomic E-state index is 12.9. The topological polar surface area (TPSA) is 59.2 Å². The third kappa shape index (κ3) is 4.53. The minimum Gasteiger partial charge on any atom is -0.336 e. The minimum absolute atomic E-state index is 0.140. The first-order valence-corrected chi connectivity index (χ1v) is 8.16. The van der Waals surface area contributed by atoms with Crippen molar-refractivity contribution < 1.29 is 4.79 Å². The average Bonchev–Trinajstić information content (AvgIpc) is 2.77. The standard InChI is InChI=1S/C17H27N3O/c1-14-13-15(9-11-19-14)17(21)20(12-6-10-18)16-7-4-2-3-5-8-16/h9,11,13,16H,2-8,10,12,18H2,1H3. The van der Waals surface area contributed by atoms with Crippen LogP contribution in [0.3, 0.4) is 0 Å². The summed E-state index contributed by atoms with van der Waals surface area (Å²) < 4.78 is 0. The molecule has 1 aromatic heterocycles. The highest BCUT2D eigenvalue weighted by Crippen LogP contribution is 2.23. The van der Waals surface area contributed by atoms with Crippen molar-refractivity contribution in [2.45, 2.75) is 57.9 Å². The predicted octanol–water partition coefficient (Wildman–Crippen LogP) is 2.90. The molecule has 0 radical (unpaired) electrons. The Labute approximate surface area is 127 Å². The van der Waals surface area contributed by atoms with Crippen LogP contribution in [0.4, 0.5) is 0 Å². The molecule has 1 heterocycles. The SMILES string of the molecule is Cc1cc(C(=O)N(CCCN)C2CCCCCC2)ccn1. The summed E-state index contributed by atoms with van der Waals surface area (Å²) in [5, 5.41) is 0. The summed E-state index contributed by atoms with van der Waals surface area (Å²) in [6.45, 7) is 3.32. The number of carbonyl (C=O) groups excluding carboxylic acids is 1. The molecule has 0 atom stereocenters. The molecule has 1 saturated carbocycles. The van der Waals surface area contributed by atoms with Gasteiger partial charge in [-0.1, -0.05) is 25.7 Å². The lowest BCUT2D eigenvalue weighted by Crippen LogP contribution is -2.41. The van der Waals surface area contributed by atoms with Crippen molar-refractivity contribution in [3.05, 3.63) is 29.6 Å². The summed E-state index contributed by atoms with van der Waals surface area (Å²) in [5.41, 5.74) is 7.30. The Hall–Kier alpha value is -1.42. The number of amides is 1. The lowest BCUT2D eigenvalue weighted by atomic mass is 10.0.